The van der Waals surface area contributed by atoms with Crippen molar-refractivity contribution in [1.82, 2.24) is 0 Å². The van der Waals surface area contributed by atoms with Gasteiger partial charge in [0.25, 0.3) is 0 Å². The standard InChI is InChI=1S/C10H8ClNOS/c11-6-1-2-7-8(5-6)14-10(3-4-10)9(13)12-7/h1-2,5H,3-4H2,(H,12,13). The fourth-order valence-electron chi connectivity index (χ4n) is 1.62. The summed E-state index contributed by atoms with van der Waals surface area (Å²) in [6, 6.07) is 5.57. The van der Waals surface area contributed by atoms with Crippen LogP contribution >= 0.6 is 23.4 Å². The molecule has 72 valence electrons. The largest absolute Gasteiger partial charge is 0.324 e. The van der Waals surface area contributed by atoms with E-state index < -0.39 is 0 Å². The first kappa shape index (κ1) is 8.62. The molecule has 1 aromatic carbocycles. The van der Waals surface area contributed by atoms with Crippen molar-refractivity contribution in [1.29, 1.82) is 0 Å². The van der Waals surface area contributed by atoms with Crippen LogP contribution in [0.2, 0.25) is 5.02 Å². The molecule has 0 unspecified atom stereocenters. The van der Waals surface area contributed by atoms with Crippen LogP contribution in [0, 0.1) is 0 Å². The minimum atomic E-state index is -0.169. The third-order valence-electron chi connectivity index (χ3n) is 2.62. The third kappa shape index (κ3) is 1.16. The SMILES string of the molecule is O=C1Nc2ccc(Cl)cc2SC12CC2. The van der Waals surface area contributed by atoms with Gasteiger partial charge in [-0.1, -0.05) is 11.6 Å². The molecular formula is C10H8ClNOS. The van der Waals surface area contributed by atoms with Crippen LogP contribution in [0.4, 0.5) is 5.69 Å². The van der Waals surface area contributed by atoms with Gasteiger partial charge in [-0.05, 0) is 31.0 Å². The van der Waals surface area contributed by atoms with Crippen LogP contribution in [0.1, 0.15) is 12.8 Å². The average Bonchev–Trinajstić information content (AvgIpc) is 2.89. The van der Waals surface area contributed by atoms with Gasteiger partial charge in [0.2, 0.25) is 5.91 Å². The molecule has 1 aliphatic carbocycles. The van der Waals surface area contributed by atoms with Crippen LogP contribution in [0.25, 0.3) is 0 Å². The van der Waals surface area contributed by atoms with E-state index in [0.717, 1.165) is 28.4 Å². The number of anilines is 1. The highest BCUT2D eigenvalue weighted by molar-refractivity contribution is 8.02. The first-order valence-electron chi connectivity index (χ1n) is 4.50. The number of thioether (sulfide) groups is 1. The maximum absolute atomic E-state index is 11.7. The summed E-state index contributed by atoms with van der Waals surface area (Å²) in [5.74, 6) is 0.150. The van der Waals surface area contributed by atoms with E-state index >= 15 is 0 Å². The molecule has 2 nitrogen and oxygen atoms in total. The van der Waals surface area contributed by atoms with E-state index in [4.69, 9.17) is 11.6 Å². The van der Waals surface area contributed by atoms with E-state index in [9.17, 15) is 4.79 Å². The first-order chi connectivity index (χ1) is 6.70. The van der Waals surface area contributed by atoms with Gasteiger partial charge in [-0.2, -0.15) is 0 Å². The molecule has 0 atom stereocenters. The number of nitrogens with one attached hydrogen (secondary N) is 1. The van der Waals surface area contributed by atoms with Crippen molar-refractivity contribution in [3.63, 3.8) is 0 Å². The fourth-order valence-corrected chi connectivity index (χ4v) is 3.14. The molecule has 1 fully saturated rings. The van der Waals surface area contributed by atoms with Gasteiger partial charge in [0, 0.05) is 9.92 Å². The fraction of sp³-hybridized carbons (Fsp3) is 0.300. The Labute approximate surface area is 91.0 Å². The zero-order chi connectivity index (χ0) is 9.76. The van der Waals surface area contributed by atoms with Crippen molar-refractivity contribution >= 4 is 35.0 Å². The second kappa shape index (κ2) is 2.67. The smallest absolute Gasteiger partial charge is 0.241 e. The second-order valence-corrected chi connectivity index (χ2v) is 5.55. The summed E-state index contributed by atoms with van der Waals surface area (Å²) in [5, 5.41) is 3.65. The highest BCUT2D eigenvalue weighted by atomic mass is 35.5. The van der Waals surface area contributed by atoms with E-state index in [-0.39, 0.29) is 10.7 Å². The Balaban J connectivity index is 2.07. The second-order valence-electron chi connectivity index (χ2n) is 3.69. The summed E-state index contributed by atoms with van der Waals surface area (Å²) < 4.78 is -0.169. The van der Waals surface area contributed by atoms with Gasteiger partial charge >= 0.3 is 0 Å². The van der Waals surface area contributed by atoms with Crippen LogP contribution in [-0.2, 0) is 4.79 Å². The summed E-state index contributed by atoms with van der Waals surface area (Å²) in [6.45, 7) is 0. The van der Waals surface area contributed by atoms with Crippen LogP contribution in [0.3, 0.4) is 0 Å². The summed E-state index contributed by atoms with van der Waals surface area (Å²) >= 11 is 7.55. The van der Waals surface area contributed by atoms with E-state index in [1.807, 2.05) is 12.1 Å². The van der Waals surface area contributed by atoms with Gasteiger partial charge in [0.05, 0.1) is 10.4 Å². The molecule has 0 aromatic heterocycles. The molecule has 0 saturated heterocycles. The lowest BCUT2D eigenvalue weighted by atomic mass is 10.3. The Morgan fingerprint density at radius 1 is 1.43 bits per heavy atom. The van der Waals surface area contributed by atoms with E-state index in [1.54, 1.807) is 17.8 Å². The molecule has 0 radical (unpaired) electrons. The van der Waals surface area contributed by atoms with E-state index in [1.165, 1.54) is 0 Å². The highest BCUT2D eigenvalue weighted by Gasteiger charge is 2.53. The summed E-state index contributed by atoms with van der Waals surface area (Å²) in [5.41, 5.74) is 0.891. The third-order valence-corrected chi connectivity index (χ3v) is 4.39. The maximum Gasteiger partial charge on any atom is 0.241 e. The number of halogens is 1. The van der Waals surface area contributed by atoms with E-state index in [0.29, 0.717) is 0 Å². The molecule has 3 rings (SSSR count). The molecule has 2 aliphatic rings. The number of amides is 1. The van der Waals surface area contributed by atoms with Gasteiger partial charge < -0.3 is 5.32 Å². The minimum absolute atomic E-state index is 0.150. The molecular weight excluding hydrogens is 218 g/mol. The molecule has 1 aromatic rings. The van der Waals surface area contributed by atoms with Crippen LogP contribution in [-0.4, -0.2) is 10.7 Å². The van der Waals surface area contributed by atoms with Gasteiger partial charge in [0.15, 0.2) is 0 Å². The number of hydrogen-bond acceptors (Lipinski definition) is 2. The lowest BCUT2D eigenvalue weighted by molar-refractivity contribution is -0.116. The molecule has 1 amide bonds. The lowest BCUT2D eigenvalue weighted by Gasteiger charge is -2.23. The van der Waals surface area contributed by atoms with Crippen molar-refractivity contribution in [2.45, 2.75) is 22.5 Å². The summed E-state index contributed by atoms with van der Waals surface area (Å²) in [7, 11) is 0. The predicted molar refractivity (Wildman–Crippen MR) is 57.9 cm³/mol. The normalized spacial score (nSPS) is 21.6. The number of benzene rings is 1. The number of carbonyl (C=O) groups is 1. The average molecular weight is 226 g/mol. The van der Waals surface area contributed by atoms with Gasteiger partial charge in [-0.3, -0.25) is 4.79 Å². The molecule has 1 aliphatic heterocycles. The predicted octanol–water partition coefficient (Wildman–Crippen LogP) is 2.92. The van der Waals surface area contributed by atoms with Crippen LogP contribution in [0.5, 0.6) is 0 Å². The van der Waals surface area contributed by atoms with Crippen molar-refractivity contribution in [3.8, 4) is 0 Å². The Morgan fingerprint density at radius 3 is 2.93 bits per heavy atom. The Kier molecular flexibility index (Phi) is 1.65. The number of hydrogen-bond donors (Lipinski definition) is 1. The molecule has 1 saturated carbocycles. The van der Waals surface area contributed by atoms with E-state index in [2.05, 4.69) is 5.32 Å². The zero-order valence-corrected chi connectivity index (χ0v) is 8.91. The molecule has 1 heterocycles. The highest BCUT2D eigenvalue weighted by Crippen LogP contribution is 2.56. The number of carbonyl (C=O) groups excluding carboxylic acids is 1. The lowest BCUT2D eigenvalue weighted by Crippen LogP contribution is -2.30. The summed E-state index contributed by atoms with van der Waals surface area (Å²) in [6.07, 6.45) is 1.96. The maximum atomic E-state index is 11.7. The topological polar surface area (TPSA) is 29.1 Å². The molecule has 1 N–H and O–H groups in total. The summed E-state index contributed by atoms with van der Waals surface area (Å²) in [4.78, 5) is 12.8. The quantitative estimate of drug-likeness (QED) is 0.736. The van der Waals surface area contributed by atoms with Gasteiger partial charge in [-0.25, -0.2) is 0 Å². The Bertz CT molecular complexity index is 428. The molecule has 1 spiro atoms. The first-order valence-corrected chi connectivity index (χ1v) is 5.69. The van der Waals surface area contributed by atoms with Gasteiger partial charge in [0.1, 0.15) is 0 Å². The van der Waals surface area contributed by atoms with Crippen molar-refractivity contribution in [2.75, 3.05) is 5.32 Å². The molecule has 4 heteroatoms. The number of rotatable bonds is 0. The van der Waals surface area contributed by atoms with Gasteiger partial charge in [-0.15, -0.1) is 11.8 Å². The monoisotopic (exact) mass is 225 g/mol. The van der Waals surface area contributed by atoms with Crippen molar-refractivity contribution < 1.29 is 4.79 Å². The molecule has 14 heavy (non-hydrogen) atoms. The number of fused-ring (bicyclic) bond motifs is 1. The molecule has 0 bridgehead atoms. The van der Waals surface area contributed by atoms with Crippen LogP contribution < -0.4 is 5.32 Å². The Hall–Kier alpha value is -0.670. The minimum Gasteiger partial charge on any atom is -0.324 e. The Morgan fingerprint density at radius 2 is 2.21 bits per heavy atom. The van der Waals surface area contributed by atoms with Crippen molar-refractivity contribution in [2.24, 2.45) is 0 Å². The van der Waals surface area contributed by atoms with Crippen molar-refractivity contribution in [3.05, 3.63) is 23.2 Å². The van der Waals surface area contributed by atoms with Crippen LogP contribution in [0.15, 0.2) is 23.1 Å². The zero-order valence-electron chi connectivity index (χ0n) is 7.34.